The fourth-order valence-corrected chi connectivity index (χ4v) is 2.06. The largest absolute Gasteiger partial charge is 0.369 e. The standard InChI is InChI=1S/C14H24N4/c1-5-14(3,4)9-16-13-11-8-15-7-6-12(11)17-10(2)18-13/h15H,5-9H2,1-4H3,(H,16,17,18). The fourth-order valence-electron chi connectivity index (χ4n) is 2.06. The Morgan fingerprint density at radius 2 is 2.11 bits per heavy atom. The van der Waals surface area contributed by atoms with Gasteiger partial charge in [-0.1, -0.05) is 20.8 Å². The van der Waals surface area contributed by atoms with Crippen molar-refractivity contribution >= 4 is 5.82 Å². The molecule has 2 N–H and O–H groups in total. The smallest absolute Gasteiger partial charge is 0.134 e. The van der Waals surface area contributed by atoms with Crippen molar-refractivity contribution < 1.29 is 0 Å². The summed E-state index contributed by atoms with van der Waals surface area (Å²) in [6, 6.07) is 0. The molecule has 0 atom stereocenters. The third-order valence-corrected chi connectivity index (χ3v) is 3.74. The normalized spacial score (nSPS) is 15.3. The number of hydrogen-bond acceptors (Lipinski definition) is 4. The first-order chi connectivity index (χ1) is 8.52. The Bertz CT molecular complexity index is 426. The summed E-state index contributed by atoms with van der Waals surface area (Å²) in [4.78, 5) is 9.11. The van der Waals surface area contributed by atoms with E-state index in [9.17, 15) is 0 Å². The molecule has 100 valence electrons. The number of aryl methyl sites for hydroxylation is 1. The van der Waals surface area contributed by atoms with Crippen LogP contribution >= 0.6 is 0 Å². The molecule has 0 radical (unpaired) electrons. The Hall–Kier alpha value is -1.16. The first kappa shape index (κ1) is 13.3. The first-order valence-electron chi connectivity index (χ1n) is 6.83. The quantitative estimate of drug-likeness (QED) is 0.858. The number of hydrogen-bond donors (Lipinski definition) is 2. The lowest BCUT2D eigenvalue weighted by atomic mass is 9.90. The van der Waals surface area contributed by atoms with Crippen molar-refractivity contribution in [2.24, 2.45) is 5.41 Å². The highest BCUT2D eigenvalue weighted by atomic mass is 15.1. The molecule has 18 heavy (non-hydrogen) atoms. The molecule has 0 amide bonds. The molecule has 0 bridgehead atoms. The fraction of sp³-hybridized carbons (Fsp3) is 0.714. The monoisotopic (exact) mass is 248 g/mol. The molecule has 1 aromatic rings. The van der Waals surface area contributed by atoms with Crippen molar-refractivity contribution in [2.45, 2.75) is 47.1 Å². The van der Waals surface area contributed by atoms with E-state index < -0.39 is 0 Å². The summed E-state index contributed by atoms with van der Waals surface area (Å²) in [5.41, 5.74) is 2.75. The Kier molecular flexibility index (Phi) is 3.85. The lowest BCUT2D eigenvalue weighted by Crippen LogP contribution is -2.29. The van der Waals surface area contributed by atoms with Gasteiger partial charge in [-0.15, -0.1) is 0 Å². The molecule has 1 aliphatic rings. The van der Waals surface area contributed by atoms with Crippen molar-refractivity contribution in [3.05, 3.63) is 17.1 Å². The molecule has 4 heteroatoms. The maximum Gasteiger partial charge on any atom is 0.134 e. The van der Waals surface area contributed by atoms with E-state index in [1.165, 1.54) is 11.3 Å². The average Bonchev–Trinajstić information content (AvgIpc) is 2.36. The molecular formula is C14H24N4. The van der Waals surface area contributed by atoms with E-state index in [1.54, 1.807) is 0 Å². The van der Waals surface area contributed by atoms with Crippen molar-refractivity contribution in [2.75, 3.05) is 18.4 Å². The molecule has 2 rings (SSSR count). The van der Waals surface area contributed by atoms with E-state index in [0.29, 0.717) is 5.41 Å². The second-order valence-corrected chi connectivity index (χ2v) is 5.84. The highest BCUT2D eigenvalue weighted by Crippen LogP contribution is 2.24. The lowest BCUT2D eigenvalue weighted by Gasteiger charge is -2.26. The predicted molar refractivity (Wildman–Crippen MR) is 74.7 cm³/mol. The summed E-state index contributed by atoms with van der Waals surface area (Å²) in [6.07, 6.45) is 2.16. The summed E-state index contributed by atoms with van der Waals surface area (Å²) < 4.78 is 0. The van der Waals surface area contributed by atoms with E-state index in [1.807, 2.05) is 6.92 Å². The van der Waals surface area contributed by atoms with E-state index in [0.717, 1.165) is 44.1 Å². The average molecular weight is 248 g/mol. The molecule has 0 fully saturated rings. The van der Waals surface area contributed by atoms with Crippen LogP contribution in [-0.4, -0.2) is 23.1 Å². The van der Waals surface area contributed by atoms with Gasteiger partial charge in [0.25, 0.3) is 0 Å². The molecule has 0 saturated heterocycles. The Labute approximate surface area is 110 Å². The molecule has 0 aliphatic carbocycles. The summed E-state index contributed by atoms with van der Waals surface area (Å²) in [6.45, 7) is 11.6. The number of anilines is 1. The van der Waals surface area contributed by atoms with Crippen LogP contribution in [0, 0.1) is 12.3 Å². The summed E-state index contributed by atoms with van der Waals surface area (Å²) in [7, 11) is 0. The summed E-state index contributed by atoms with van der Waals surface area (Å²) in [5, 5.41) is 6.91. The Morgan fingerprint density at radius 1 is 1.33 bits per heavy atom. The van der Waals surface area contributed by atoms with Gasteiger partial charge >= 0.3 is 0 Å². The molecule has 2 heterocycles. The second kappa shape index (κ2) is 5.22. The predicted octanol–water partition coefficient (Wildman–Crippen LogP) is 2.28. The Morgan fingerprint density at radius 3 is 2.83 bits per heavy atom. The van der Waals surface area contributed by atoms with Gasteiger partial charge in [0, 0.05) is 31.6 Å². The number of rotatable bonds is 4. The minimum absolute atomic E-state index is 0.299. The van der Waals surface area contributed by atoms with Gasteiger partial charge in [0.2, 0.25) is 0 Å². The van der Waals surface area contributed by atoms with Crippen LogP contribution in [0.4, 0.5) is 5.82 Å². The van der Waals surface area contributed by atoms with Crippen molar-refractivity contribution in [1.82, 2.24) is 15.3 Å². The van der Waals surface area contributed by atoms with Crippen molar-refractivity contribution in [3.8, 4) is 0 Å². The number of fused-ring (bicyclic) bond motifs is 1. The molecular weight excluding hydrogens is 224 g/mol. The van der Waals surface area contributed by atoms with Gasteiger partial charge in [0.1, 0.15) is 11.6 Å². The highest BCUT2D eigenvalue weighted by molar-refractivity contribution is 5.47. The van der Waals surface area contributed by atoms with Crippen LogP contribution in [0.5, 0.6) is 0 Å². The molecule has 0 aromatic carbocycles. The summed E-state index contributed by atoms with van der Waals surface area (Å²) in [5.74, 6) is 1.89. The number of aromatic nitrogens is 2. The zero-order valence-corrected chi connectivity index (χ0v) is 11.9. The molecule has 0 saturated carbocycles. The van der Waals surface area contributed by atoms with Crippen LogP contribution in [0.2, 0.25) is 0 Å². The number of nitrogens with one attached hydrogen (secondary N) is 2. The SMILES string of the molecule is CCC(C)(C)CNc1nc(C)nc2c1CNCC2. The third-order valence-electron chi connectivity index (χ3n) is 3.74. The van der Waals surface area contributed by atoms with Gasteiger partial charge in [-0.25, -0.2) is 9.97 Å². The highest BCUT2D eigenvalue weighted by Gasteiger charge is 2.19. The zero-order chi connectivity index (χ0) is 13.2. The Balaban J connectivity index is 2.19. The van der Waals surface area contributed by atoms with Gasteiger partial charge in [-0.3, -0.25) is 0 Å². The van der Waals surface area contributed by atoms with Gasteiger partial charge in [0.05, 0.1) is 5.69 Å². The summed E-state index contributed by atoms with van der Waals surface area (Å²) >= 11 is 0. The molecule has 1 aliphatic heterocycles. The molecule has 0 spiro atoms. The minimum Gasteiger partial charge on any atom is -0.369 e. The topological polar surface area (TPSA) is 49.8 Å². The van der Waals surface area contributed by atoms with E-state index in [2.05, 4.69) is 41.4 Å². The maximum absolute atomic E-state index is 4.56. The van der Waals surface area contributed by atoms with Crippen LogP contribution in [0.1, 0.15) is 44.3 Å². The maximum atomic E-state index is 4.56. The van der Waals surface area contributed by atoms with Crippen molar-refractivity contribution in [3.63, 3.8) is 0 Å². The van der Waals surface area contributed by atoms with Gasteiger partial charge in [-0.2, -0.15) is 0 Å². The van der Waals surface area contributed by atoms with Crippen LogP contribution < -0.4 is 10.6 Å². The lowest BCUT2D eigenvalue weighted by molar-refractivity contribution is 0.376. The minimum atomic E-state index is 0.299. The zero-order valence-electron chi connectivity index (χ0n) is 11.9. The van der Waals surface area contributed by atoms with E-state index >= 15 is 0 Å². The van der Waals surface area contributed by atoms with Crippen LogP contribution in [0.25, 0.3) is 0 Å². The number of nitrogens with zero attached hydrogens (tertiary/aromatic N) is 2. The van der Waals surface area contributed by atoms with Crippen molar-refractivity contribution in [1.29, 1.82) is 0 Å². The second-order valence-electron chi connectivity index (χ2n) is 5.84. The van der Waals surface area contributed by atoms with E-state index in [4.69, 9.17) is 0 Å². The van der Waals surface area contributed by atoms with E-state index in [-0.39, 0.29) is 0 Å². The third kappa shape index (κ3) is 2.99. The molecule has 0 unspecified atom stereocenters. The van der Waals surface area contributed by atoms with Crippen LogP contribution in [0.3, 0.4) is 0 Å². The van der Waals surface area contributed by atoms with Crippen LogP contribution in [-0.2, 0) is 13.0 Å². The molecule has 4 nitrogen and oxygen atoms in total. The van der Waals surface area contributed by atoms with Gasteiger partial charge in [-0.05, 0) is 18.8 Å². The van der Waals surface area contributed by atoms with Crippen LogP contribution in [0.15, 0.2) is 0 Å². The molecule has 1 aromatic heterocycles. The first-order valence-corrected chi connectivity index (χ1v) is 6.83. The van der Waals surface area contributed by atoms with Gasteiger partial charge < -0.3 is 10.6 Å². The van der Waals surface area contributed by atoms with Gasteiger partial charge in [0.15, 0.2) is 0 Å².